The molecule has 0 saturated carbocycles. The molecule has 0 amide bonds. The van der Waals surface area contributed by atoms with Gasteiger partial charge in [-0.05, 0) is 6.92 Å². The molecule has 11 N–H and O–H groups in total. The van der Waals surface area contributed by atoms with Gasteiger partial charge >= 0.3 is 35.8 Å². The summed E-state index contributed by atoms with van der Waals surface area (Å²) in [4.78, 5) is 68.5. The molecule has 0 rings (SSSR count). The van der Waals surface area contributed by atoms with Crippen molar-refractivity contribution in [2.45, 2.75) is 50.6 Å². The molecule has 0 aromatic rings. The number of rotatable bonds is 9. The molecule has 3 atom stereocenters. The van der Waals surface area contributed by atoms with Gasteiger partial charge < -0.3 is 56.2 Å². The minimum absolute atomic E-state index is 0.833. The summed E-state index contributed by atoms with van der Waals surface area (Å²) in [5.41, 5.74) is -2.74. The summed E-state index contributed by atoms with van der Waals surface area (Å²) in [5.74, 6) is -10.6. The molecule has 0 aliphatic carbocycles. The first-order chi connectivity index (χ1) is 14.6. The quantitative estimate of drug-likeness (QED) is 0.147. The second-order valence-corrected chi connectivity index (χ2v) is 5.58. The van der Waals surface area contributed by atoms with Crippen molar-refractivity contribution in [3.05, 3.63) is 0 Å². The third kappa shape index (κ3) is 24.3. The molecule has 0 aromatic carbocycles. The van der Waals surface area contributed by atoms with Crippen LogP contribution in [0.25, 0.3) is 0 Å². The van der Waals surface area contributed by atoms with Gasteiger partial charge in [-0.25, -0.2) is 19.2 Å². The Balaban J connectivity index is -0.000000186. The zero-order chi connectivity index (χ0) is 27.7. The van der Waals surface area contributed by atoms with Gasteiger partial charge in [0.1, 0.15) is 6.10 Å². The molecule has 18 nitrogen and oxygen atoms in total. The van der Waals surface area contributed by atoms with Gasteiger partial charge in [0.25, 0.3) is 5.97 Å². The van der Waals surface area contributed by atoms with Crippen LogP contribution in [0, 0.1) is 0 Å². The summed E-state index contributed by atoms with van der Waals surface area (Å²) in [5, 5.41) is 89.5. The molecule has 0 bridgehead atoms. The Bertz CT molecular complexity index is 657. The monoisotopic (exact) mass is 492 g/mol. The van der Waals surface area contributed by atoms with Gasteiger partial charge in [-0.1, -0.05) is 0 Å². The van der Waals surface area contributed by atoms with Crippen molar-refractivity contribution in [2.75, 3.05) is 0 Å². The number of aliphatic hydroxyl groups excluding tert-OH is 3. The highest BCUT2D eigenvalue weighted by molar-refractivity contribution is 5.88. The molecular weight excluding hydrogens is 468 g/mol. The molecule has 0 aromatic heterocycles. The van der Waals surface area contributed by atoms with Gasteiger partial charge in [-0.2, -0.15) is 0 Å². The average molecular weight is 492 g/mol. The predicted octanol–water partition coefficient (Wildman–Crippen LogP) is -3.83. The molecule has 0 spiro atoms. The minimum Gasteiger partial charge on any atom is -0.481 e. The summed E-state index contributed by atoms with van der Waals surface area (Å²) < 4.78 is 0. The fraction of sp³-hybridized carbons (Fsp3) is 0.533. The van der Waals surface area contributed by atoms with Crippen LogP contribution in [0.1, 0.15) is 26.7 Å². The SMILES string of the molecule is CC(=O)O.CC(O)C(=O)O.O=C(O)C(O)C(O)C(=O)O.O=C(O)CC(O)(CC(=O)O)C(=O)O. The number of hydrogen-bond acceptors (Lipinski definition) is 11. The summed E-state index contributed by atoms with van der Waals surface area (Å²) >= 11 is 0. The van der Waals surface area contributed by atoms with Crippen molar-refractivity contribution >= 4 is 41.8 Å². The largest absolute Gasteiger partial charge is 0.481 e. The average Bonchev–Trinajstić information content (AvgIpc) is 2.59. The van der Waals surface area contributed by atoms with Crippen LogP contribution in [0.15, 0.2) is 0 Å². The lowest BCUT2D eigenvalue weighted by Crippen LogP contribution is -2.42. The van der Waals surface area contributed by atoms with Crippen LogP contribution in [0.3, 0.4) is 0 Å². The molecule has 0 aliphatic rings. The Morgan fingerprint density at radius 3 is 0.939 bits per heavy atom. The lowest BCUT2D eigenvalue weighted by atomic mass is 9.96. The van der Waals surface area contributed by atoms with Gasteiger partial charge in [-0.15, -0.1) is 0 Å². The van der Waals surface area contributed by atoms with Crippen molar-refractivity contribution in [3.63, 3.8) is 0 Å². The number of aliphatic hydroxyl groups is 4. The van der Waals surface area contributed by atoms with Crippen LogP contribution in [0.2, 0.25) is 0 Å². The van der Waals surface area contributed by atoms with Gasteiger partial charge in [0.2, 0.25) is 0 Å². The summed E-state index contributed by atoms with van der Waals surface area (Å²) in [6.45, 7) is 2.28. The zero-order valence-electron chi connectivity index (χ0n) is 16.9. The molecule has 0 saturated heterocycles. The number of hydrogen-bond donors (Lipinski definition) is 11. The molecule has 3 unspecified atom stereocenters. The number of aliphatic carboxylic acids is 7. The van der Waals surface area contributed by atoms with Crippen LogP contribution in [-0.4, -0.2) is 122 Å². The first-order valence-corrected chi connectivity index (χ1v) is 7.93. The smallest absolute Gasteiger partial charge is 0.336 e. The van der Waals surface area contributed by atoms with Crippen molar-refractivity contribution in [1.29, 1.82) is 0 Å². The van der Waals surface area contributed by atoms with E-state index in [1.54, 1.807) is 0 Å². The molecule has 0 heterocycles. The molecule has 0 fully saturated rings. The first kappa shape index (κ1) is 36.5. The Morgan fingerprint density at radius 1 is 0.636 bits per heavy atom. The van der Waals surface area contributed by atoms with E-state index in [9.17, 15) is 28.8 Å². The van der Waals surface area contributed by atoms with E-state index < -0.39 is 78.5 Å². The topological polar surface area (TPSA) is 342 Å². The lowest BCUT2D eigenvalue weighted by Gasteiger charge is -2.18. The highest BCUT2D eigenvalue weighted by atomic mass is 16.4. The normalized spacial score (nSPS) is 12.3. The van der Waals surface area contributed by atoms with E-state index in [0.29, 0.717) is 0 Å². The van der Waals surface area contributed by atoms with E-state index in [1.807, 2.05) is 0 Å². The maximum Gasteiger partial charge on any atom is 0.336 e. The lowest BCUT2D eigenvalue weighted by molar-refractivity contribution is -0.170. The second kappa shape index (κ2) is 17.8. The molecule has 192 valence electrons. The number of carboxylic acids is 7. The summed E-state index contributed by atoms with van der Waals surface area (Å²) in [7, 11) is 0. The predicted molar refractivity (Wildman–Crippen MR) is 97.0 cm³/mol. The molecule has 0 aliphatic heterocycles. The van der Waals surface area contributed by atoms with Gasteiger partial charge in [-0.3, -0.25) is 14.4 Å². The zero-order valence-corrected chi connectivity index (χ0v) is 16.9. The molecule has 18 heteroatoms. The minimum atomic E-state index is -2.74. The van der Waals surface area contributed by atoms with E-state index in [4.69, 9.17) is 61.0 Å². The maximum absolute atomic E-state index is 10.3. The third-order valence-corrected chi connectivity index (χ3v) is 2.45. The fourth-order valence-corrected chi connectivity index (χ4v) is 0.984. The van der Waals surface area contributed by atoms with Crippen LogP contribution >= 0.6 is 0 Å². The highest BCUT2D eigenvalue weighted by Gasteiger charge is 2.40. The van der Waals surface area contributed by atoms with Gasteiger partial charge in [0.05, 0.1) is 12.8 Å². The molecular formula is C15H24O18. The van der Waals surface area contributed by atoms with Crippen molar-refractivity contribution < 1.29 is 89.7 Å². The van der Waals surface area contributed by atoms with E-state index in [0.717, 1.165) is 6.92 Å². The van der Waals surface area contributed by atoms with Crippen LogP contribution in [0.5, 0.6) is 0 Å². The standard InChI is InChI=1S/C6H8O7.C4H6O6.C3H6O3.C2H4O2/c7-3(8)1-6(13,5(11)12)2-4(9)10;5-1(3(7)8)2(6)4(9)10;1-2(4)3(5)6;1-2(3)4/h13H,1-2H2,(H,7,8)(H,9,10)(H,11,12);1-2,5-6H,(H,7,8)(H,9,10);2,4H,1H3,(H,5,6);1H3,(H,3,4). The van der Waals surface area contributed by atoms with Gasteiger partial charge in [0.15, 0.2) is 17.8 Å². The molecule has 0 radical (unpaired) electrons. The Labute approximate surface area is 183 Å². The van der Waals surface area contributed by atoms with Crippen LogP contribution < -0.4 is 0 Å². The van der Waals surface area contributed by atoms with E-state index in [-0.39, 0.29) is 0 Å². The molecule has 33 heavy (non-hydrogen) atoms. The van der Waals surface area contributed by atoms with Crippen molar-refractivity contribution in [1.82, 2.24) is 0 Å². The van der Waals surface area contributed by atoms with Crippen molar-refractivity contribution in [2.24, 2.45) is 0 Å². The fourth-order valence-electron chi connectivity index (χ4n) is 0.984. The first-order valence-electron chi connectivity index (χ1n) is 7.93. The van der Waals surface area contributed by atoms with E-state index in [1.165, 1.54) is 6.92 Å². The van der Waals surface area contributed by atoms with Crippen molar-refractivity contribution in [3.8, 4) is 0 Å². The van der Waals surface area contributed by atoms with E-state index >= 15 is 0 Å². The second-order valence-electron chi connectivity index (χ2n) is 5.58. The Hall–Kier alpha value is -3.87. The Kier molecular flexibility index (Phi) is 19.7. The highest BCUT2D eigenvalue weighted by Crippen LogP contribution is 2.15. The van der Waals surface area contributed by atoms with E-state index in [2.05, 4.69) is 0 Å². The number of carboxylic acid groups (broad SMARTS) is 7. The summed E-state index contributed by atoms with van der Waals surface area (Å²) in [6.07, 6.45) is -8.05. The maximum atomic E-state index is 10.3. The Morgan fingerprint density at radius 2 is 0.848 bits per heavy atom. The number of carbonyl (C=O) groups is 7. The van der Waals surface area contributed by atoms with Gasteiger partial charge in [0, 0.05) is 6.92 Å². The third-order valence-electron chi connectivity index (χ3n) is 2.45. The van der Waals surface area contributed by atoms with Crippen LogP contribution in [0.4, 0.5) is 0 Å². The summed E-state index contributed by atoms with van der Waals surface area (Å²) in [6, 6.07) is 0. The van der Waals surface area contributed by atoms with Crippen LogP contribution in [-0.2, 0) is 33.6 Å².